The van der Waals surface area contributed by atoms with Gasteiger partial charge in [-0.2, -0.15) is 5.10 Å². The fraction of sp³-hybridized carbons (Fsp3) is 0.750. The Hall–Kier alpha value is -0.680. The lowest BCUT2D eigenvalue weighted by molar-refractivity contribution is 0.424. The molecule has 1 atom stereocenters. The minimum absolute atomic E-state index is 0.506. The van der Waals surface area contributed by atoms with Crippen LogP contribution in [0.5, 0.6) is 0 Å². The third-order valence-electron chi connectivity index (χ3n) is 2.85. The topological polar surface area (TPSA) is 46.9 Å². The summed E-state index contributed by atoms with van der Waals surface area (Å²) in [6, 6.07) is 2.56. The number of nitrogens with one attached hydrogen (secondary N) is 1. The highest BCUT2D eigenvalue weighted by molar-refractivity contribution is 7.84. The van der Waals surface area contributed by atoms with Gasteiger partial charge in [0.1, 0.15) is 0 Å². The van der Waals surface area contributed by atoms with Gasteiger partial charge in [0.05, 0.1) is 11.7 Å². The summed E-state index contributed by atoms with van der Waals surface area (Å²) < 4.78 is 12.9. The number of nitrogens with zero attached hydrogens (tertiary/aromatic N) is 2. The van der Waals surface area contributed by atoms with Crippen LogP contribution in [0.15, 0.2) is 12.3 Å². The first-order valence-electron chi connectivity index (χ1n) is 6.22. The van der Waals surface area contributed by atoms with Gasteiger partial charge in [-0.05, 0) is 18.9 Å². The van der Waals surface area contributed by atoms with Crippen LogP contribution in [0.25, 0.3) is 0 Å². The fourth-order valence-electron chi connectivity index (χ4n) is 1.77. The molecule has 98 valence electrons. The Balaban J connectivity index is 2.37. The molecule has 1 unspecified atom stereocenters. The summed E-state index contributed by atoms with van der Waals surface area (Å²) in [5.74, 6) is 0.702. The molecule has 0 radical (unpaired) electrons. The molecular weight excluding hydrogens is 234 g/mol. The molecule has 1 rings (SSSR count). The van der Waals surface area contributed by atoms with Crippen molar-refractivity contribution < 1.29 is 4.21 Å². The molecule has 17 heavy (non-hydrogen) atoms. The third kappa shape index (κ3) is 5.00. The first-order valence-corrected chi connectivity index (χ1v) is 7.94. The molecule has 0 fully saturated rings. The van der Waals surface area contributed by atoms with Gasteiger partial charge in [-0.1, -0.05) is 13.8 Å². The summed E-state index contributed by atoms with van der Waals surface area (Å²) in [4.78, 5) is 0. The number of hydrogen-bond donors (Lipinski definition) is 1. The van der Waals surface area contributed by atoms with Crippen LogP contribution in [-0.4, -0.2) is 32.5 Å². The van der Waals surface area contributed by atoms with Crippen LogP contribution >= 0.6 is 0 Å². The lowest BCUT2D eigenvalue weighted by atomic mass is 10.2. The average Bonchev–Trinajstić information content (AvgIpc) is 2.75. The summed E-state index contributed by atoms with van der Waals surface area (Å²) in [5.41, 5.74) is 1.05. The SMILES string of the molecule is CCC(CC)n1ccc(CNCCS(C)=O)n1. The summed E-state index contributed by atoms with van der Waals surface area (Å²) in [6.45, 7) is 5.90. The van der Waals surface area contributed by atoms with Gasteiger partial charge in [-0.25, -0.2) is 0 Å². The largest absolute Gasteiger partial charge is 0.310 e. The van der Waals surface area contributed by atoms with Crippen molar-refractivity contribution >= 4 is 10.8 Å². The van der Waals surface area contributed by atoms with Gasteiger partial charge < -0.3 is 5.32 Å². The van der Waals surface area contributed by atoms with E-state index in [9.17, 15) is 4.21 Å². The van der Waals surface area contributed by atoms with Gasteiger partial charge in [0.2, 0.25) is 0 Å². The van der Waals surface area contributed by atoms with Gasteiger partial charge in [0.25, 0.3) is 0 Å². The lowest BCUT2D eigenvalue weighted by Crippen LogP contribution is -2.20. The molecule has 1 N–H and O–H groups in total. The Labute approximate surface area is 106 Å². The van der Waals surface area contributed by atoms with Crippen LogP contribution in [0.4, 0.5) is 0 Å². The van der Waals surface area contributed by atoms with Crippen LogP contribution < -0.4 is 5.32 Å². The molecule has 0 bridgehead atoms. The predicted octanol–water partition coefficient (Wildman–Crippen LogP) is 1.71. The normalized spacial score (nSPS) is 13.2. The molecule has 0 saturated carbocycles. The molecule has 1 aromatic rings. The highest BCUT2D eigenvalue weighted by Crippen LogP contribution is 2.14. The van der Waals surface area contributed by atoms with Crippen molar-refractivity contribution in [3.63, 3.8) is 0 Å². The van der Waals surface area contributed by atoms with Crippen molar-refractivity contribution in [2.75, 3.05) is 18.6 Å². The predicted molar refractivity (Wildman–Crippen MR) is 72.5 cm³/mol. The monoisotopic (exact) mass is 257 g/mol. The number of aromatic nitrogens is 2. The standard InChI is InChI=1S/C12H23N3OS/c1-4-12(5-2)15-8-6-11(14-15)10-13-7-9-17(3)16/h6,8,12-13H,4-5,7,9-10H2,1-3H3. The second kappa shape index (κ2) is 7.61. The van der Waals surface area contributed by atoms with Crippen LogP contribution in [0, 0.1) is 0 Å². The second-order valence-electron chi connectivity index (χ2n) is 4.21. The Morgan fingerprint density at radius 1 is 1.47 bits per heavy atom. The Morgan fingerprint density at radius 3 is 2.76 bits per heavy atom. The van der Waals surface area contributed by atoms with Crippen LogP contribution in [0.3, 0.4) is 0 Å². The minimum Gasteiger partial charge on any atom is -0.310 e. The third-order valence-corrected chi connectivity index (χ3v) is 3.63. The van der Waals surface area contributed by atoms with E-state index in [0.717, 1.165) is 31.6 Å². The molecule has 0 aliphatic heterocycles. The Bertz CT molecular complexity index is 347. The van der Waals surface area contributed by atoms with Gasteiger partial charge in [-0.15, -0.1) is 0 Å². The average molecular weight is 257 g/mol. The summed E-state index contributed by atoms with van der Waals surface area (Å²) >= 11 is 0. The summed E-state index contributed by atoms with van der Waals surface area (Å²) in [6.07, 6.45) is 6.00. The van der Waals surface area contributed by atoms with E-state index in [1.165, 1.54) is 0 Å². The van der Waals surface area contributed by atoms with Crippen LogP contribution in [0.2, 0.25) is 0 Å². The summed E-state index contributed by atoms with van der Waals surface area (Å²) in [7, 11) is -0.717. The van der Waals surface area contributed by atoms with Gasteiger partial charge in [0.15, 0.2) is 0 Å². The van der Waals surface area contributed by atoms with Crippen molar-refractivity contribution in [3.05, 3.63) is 18.0 Å². The maximum absolute atomic E-state index is 10.9. The van der Waals surface area contributed by atoms with Crippen molar-refractivity contribution in [1.29, 1.82) is 0 Å². The van der Waals surface area contributed by atoms with Crippen molar-refractivity contribution in [2.24, 2.45) is 0 Å². The highest BCUT2D eigenvalue weighted by Gasteiger charge is 2.07. The smallest absolute Gasteiger partial charge is 0.0762 e. The molecule has 0 aromatic carbocycles. The Kier molecular flexibility index (Phi) is 6.44. The highest BCUT2D eigenvalue weighted by atomic mass is 32.2. The van der Waals surface area contributed by atoms with Crippen molar-refractivity contribution in [1.82, 2.24) is 15.1 Å². The molecule has 5 heteroatoms. The first-order chi connectivity index (χ1) is 8.17. The first kappa shape index (κ1) is 14.4. The van der Waals surface area contributed by atoms with E-state index in [2.05, 4.69) is 28.9 Å². The molecule has 1 aromatic heterocycles. The quantitative estimate of drug-likeness (QED) is 0.721. The molecule has 0 amide bonds. The number of rotatable bonds is 8. The molecule has 0 aliphatic carbocycles. The second-order valence-corrected chi connectivity index (χ2v) is 5.77. The molecule has 1 heterocycles. The van der Waals surface area contributed by atoms with Gasteiger partial charge >= 0.3 is 0 Å². The van der Waals surface area contributed by atoms with E-state index in [4.69, 9.17) is 0 Å². The van der Waals surface area contributed by atoms with E-state index >= 15 is 0 Å². The zero-order chi connectivity index (χ0) is 12.7. The molecule has 0 saturated heterocycles. The van der Waals surface area contributed by atoms with Crippen LogP contribution in [0.1, 0.15) is 38.4 Å². The van der Waals surface area contributed by atoms with Gasteiger partial charge in [-0.3, -0.25) is 8.89 Å². The van der Waals surface area contributed by atoms with E-state index in [0.29, 0.717) is 11.8 Å². The molecule has 0 aliphatic rings. The van der Waals surface area contributed by atoms with E-state index in [1.807, 2.05) is 12.3 Å². The van der Waals surface area contributed by atoms with Gasteiger partial charge in [0, 0.05) is 42.1 Å². The van der Waals surface area contributed by atoms with E-state index < -0.39 is 10.8 Å². The zero-order valence-electron chi connectivity index (χ0n) is 11.0. The van der Waals surface area contributed by atoms with E-state index in [1.54, 1.807) is 6.26 Å². The Morgan fingerprint density at radius 2 is 2.18 bits per heavy atom. The minimum atomic E-state index is -0.717. The molecule has 0 spiro atoms. The molecular formula is C12H23N3OS. The van der Waals surface area contributed by atoms with Crippen molar-refractivity contribution in [3.8, 4) is 0 Å². The lowest BCUT2D eigenvalue weighted by Gasteiger charge is -2.12. The maximum Gasteiger partial charge on any atom is 0.0762 e. The van der Waals surface area contributed by atoms with E-state index in [-0.39, 0.29) is 0 Å². The van der Waals surface area contributed by atoms with Crippen molar-refractivity contribution in [2.45, 2.75) is 39.3 Å². The maximum atomic E-state index is 10.9. The van der Waals surface area contributed by atoms with Crippen LogP contribution in [-0.2, 0) is 17.3 Å². The molecule has 4 nitrogen and oxygen atoms in total. The number of hydrogen-bond acceptors (Lipinski definition) is 3. The summed E-state index contributed by atoms with van der Waals surface area (Å²) in [5, 5.41) is 7.80. The fourth-order valence-corrected chi connectivity index (χ4v) is 2.20. The zero-order valence-corrected chi connectivity index (χ0v) is 11.8.